The molecule has 0 N–H and O–H groups in total. The third kappa shape index (κ3) is 2.91. The van der Waals surface area contributed by atoms with Crippen molar-refractivity contribution in [3.05, 3.63) is 117 Å². The van der Waals surface area contributed by atoms with Crippen LogP contribution in [0.3, 0.4) is 0 Å². The Morgan fingerprint density at radius 3 is 1.29 bits per heavy atom. The SMILES string of the molecule is CC1(C)C=CC2=C(O1)c1ccccc1C(=O)C2=C1C(=O)c2ccccc2C2=C1C=CC(C)(C)O2. The Hall–Kier alpha value is -3.92. The summed E-state index contributed by atoms with van der Waals surface area (Å²) in [6.45, 7) is 7.90. The standard InChI is InChI=1S/C30H24O4/c1-29(2)15-13-21-23(25(31)17-9-5-7-11-19(17)27(21)33-29)24-22-14-16-30(3,4)34-28(22)20-12-8-6-10-18(20)26(24)32/h5-16H,1-4H3. The molecule has 4 nitrogen and oxygen atoms in total. The molecule has 0 spiro atoms. The Balaban J connectivity index is 1.71. The molecule has 0 atom stereocenters. The molecule has 4 heteroatoms. The molecule has 0 bridgehead atoms. The molecule has 4 aliphatic rings. The van der Waals surface area contributed by atoms with Crippen molar-refractivity contribution >= 4 is 23.1 Å². The van der Waals surface area contributed by atoms with Crippen molar-refractivity contribution < 1.29 is 19.1 Å². The molecule has 168 valence electrons. The molecule has 0 saturated heterocycles. The first-order valence-electron chi connectivity index (χ1n) is 11.5. The summed E-state index contributed by atoms with van der Waals surface area (Å²) in [5.41, 5.74) is 3.49. The average molecular weight is 449 g/mol. The van der Waals surface area contributed by atoms with Gasteiger partial charge in [0, 0.05) is 44.5 Å². The van der Waals surface area contributed by atoms with Gasteiger partial charge < -0.3 is 9.47 Å². The number of fused-ring (bicyclic) bond motifs is 4. The summed E-state index contributed by atoms with van der Waals surface area (Å²) in [5.74, 6) is 0.880. The highest BCUT2D eigenvalue weighted by molar-refractivity contribution is 6.28. The second-order valence-electron chi connectivity index (χ2n) is 10.1. The molecule has 34 heavy (non-hydrogen) atoms. The maximum Gasteiger partial charge on any atom is 0.195 e. The lowest BCUT2D eigenvalue weighted by molar-refractivity contribution is 0.0981. The van der Waals surface area contributed by atoms with E-state index in [1.54, 1.807) is 12.1 Å². The van der Waals surface area contributed by atoms with Crippen LogP contribution in [0.4, 0.5) is 0 Å². The first-order valence-corrected chi connectivity index (χ1v) is 11.5. The van der Waals surface area contributed by atoms with Crippen LogP contribution >= 0.6 is 0 Å². The van der Waals surface area contributed by atoms with Gasteiger partial charge in [-0.15, -0.1) is 0 Å². The number of hydrogen-bond donors (Lipinski definition) is 0. The van der Waals surface area contributed by atoms with Crippen LogP contribution in [0, 0.1) is 0 Å². The highest BCUT2D eigenvalue weighted by Gasteiger charge is 2.42. The number of carbonyl (C=O) groups is 2. The van der Waals surface area contributed by atoms with Crippen LogP contribution < -0.4 is 0 Å². The van der Waals surface area contributed by atoms with Crippen molar-refractivity contribution in [2.75, 3.05) is 0 Å². The monoisotopic (exact) mass is 448 g/mol. The van der Waals surface area contributed by atoms with E-state index >= 15 is 0 Å². The fraction of sp³-hybridized carbons (Fsp3) is 0.200. The summed E-state index contributed by atoms with van der Waals surface area (Å²) in [6.07, 6.45) is 7.70. The van der Waals surface area contributed by atoms with Gasteiger partial charge in [-0.3, -0.25) is 9.59 Å². The minimum Gasteiger partial charge on any atom is -0.482 e. The van der Waals surface area contributed by atoms with Crippen molar-refractivity contribution in [3.63, 3.8) is 0 Å². The molecule has 2 aliphatic carbocycles. The smallest absolute Gasteiger partial charge is 0.195 e. The number of rotatable bonds is 0. The van der Waals surface area contributed by atoms with Crippen LogP contribution in [-0.2, 0) is 9.47 Å². The molecule has 6 rings (SSSR count). The van der Waals surface area contributed by atoms with E-state index in [2.05, 4.69) is 0 Å². The molecular weight excluding hydrogens is 424 g/mol. The summed E-state index contributed by atoms with van der Waals surface area (Å²) in [5, 5.41) is 0. The van der Waals surface area contributed by atoms with Gasteiger partial charge in [-0.1, -0.05) is 60.7 Å². The Morgan fingerprint density at radius 2 is 0.912 bits per heavy atom. The van der Waals surface area contributed by atoms with Crippen molar-refractivity contribution in [2.24, 2.45) is 0 Å². The summed E-state index contributed by atoms with van der Waals surface area (Å²) in [4.78, 5) is 27.9. The van der Waals surface area contributed by atoms with E-state index in [0.717, 1.165) is 11.1 Å². The quantitative estimate of drug-likeness (QED) is 0.449. The molecule has 2 aliphatic heterocycles. The van der Waals surface area contributed by atoms with E-state index in [1.165, 1.54) is 0 Å². The molecule has 0 radical (unpaired) electrons. The minimum absolute atomic E-state index is 0.185. The van der Waals surface area contributed by atoms with Gasteiger partial charge in [-0.05, 0) is 39.8 Å². The minimum atomic E-state index is -0.534. The molecule has 2 aromatic carbocycles. The zero-order valence-electron chi connectivity index (χ0n) is 19.6. The number of allylic oxidation sites excluding steroid dienone is 6. The zero-order chi connectivity index (χ0) is 23.8. The van der Waals surface area contributed by atoms with Gasteiger partial charge in [-0.25, -0.2) is 0 Å². The second-order valence-corrected chi connectivity index (χ2v) is 10.1. The molecule has 2 aromatic rings. The van der Waals surface area contributed by atoms with E-state index in [0.29, 0.717) is 44.9 Å². The first-order chi connectivity index (χ1) is 16.2. The van der Waals surface area contributed by atoms with E-state index in [-0.39, 0.29) is 11.6 Å². The maximum atomic E-state index is 14.0. The van der Waals surface area contributed by atoms with Crippen molar-refractivity contribution in [1.29, 1.82) is 0 Å². The predicted molar refractivity (Wildman–Crippen MR) is 131 cm³/mol. The highest BCUT2D eigenvalue weighted by atomic mass is 16.5. The lowest BCUT2D eigenvalue weighted by atomic mass is 9.74. The van der Waals surface area contributed by atoms with E-state index in [1.807, 2.05) is 88.4 Å². The van der Waals surface area contributed by atoms with Crippen molar-refractivity contribution in [3.8, 4) is 0 Å². The largest absolute Gasteiger partial charge is 0.482 e. The van der Waals surface area contributed by atoms with E-state index in [4.69, 9.17) is 9.47 Å². The van der Waals surface area contributed by atoms with Gasteiger partial charge in [0.15, 0.2) is 11.6 Å². The van der Waals surface area contributed by atoms with E-state index < -0.39 is 11.2 Å². The Labute approximate surface area is 198 Å². The molecular formula is C30H24O4. The van der Waals surface area contributed by atoms with Gasteiger partial charge in [-0.2, -0.15) is 0 Å². The number of ketones is 2. The molecule has 0 unspecified atom stereocenters. The molecule has 0 saturated carbocycles. The van der Waals surface area contributed by atoms with E-state index in [9.17, 15) is 9.59 Å². The molecule has 0 fully saturated rings. The average Bonchev–Trinajstić information content (AvgIpc) is 2.81. The zero-order valence-corrected chi connectivity index (χ0v) is 19.6. The molecule has 2 heterocycles. The van der Waals surface area contributed by atoms with Crippen LogP contribution in [0.2, 0.25) is 0 Å². The molecule has 0 aromatic heterocycles. The fourth-order valence-corrected chi connectivity index (χ4v) is 4.99. The summed E-state index contributed by atoms with van der Waals surface area (Å²) in [6, 6.07) is 14.8. The predicted octanol–water partition coefficient (Wildman–Crippen LogP) is 6.23. The fourth-order valence-electron chi connectivity index (χ4n) is 4.99. The third-order valence-corrected chi connectivity index (χ3v) is 6.60. The van der Waals surface area contributed by atoms with Gasteiger partial charge in [0.1, 0.15) is 22.7 Å². The number of hydrogen-bond acceptors (Lipinski definition) is 4. The topological polar surface area (TPSA) is 52.6 Å². The van der Waals surface area contributed by atoms with Crippen LogP contribution in [0.25, 0.3) is 11.5 Å². The Morgan fingerprint density at radius 1 is 0.559 bits per heavy atom. The number of benzene rings is 2. The third-order valence-electron chi connectivity index (χ3n) is 6.60. The highest BCUT2D eigenvalue weighted by Crippen LogP contribution is 2.48. The van der Waals surface area contributed by atoms with Crippen molar-refractivity contribution in [1.82, 2.24) is 0 Å². The van der Waals surface area contributed by atoms with Gasteiger partial charge in [0.2, 0.25) is 0 Å². The Kier molecular flexibility index (Phi) is 4.13. The van der Waals surface area contributed by atoms with Crippen LogP contribution in [-0.4, -0.2) is 22.8 Å². The summed E-state index contributed by atoms with van der Waals surface area (Å²) >= 11 is 0. The van der Waals surface area contributed by atoms with Gasteiger partial charge in [0.25, 0.3) is 0 Å². The second kappa shape index (κ2) is 6.80. The lowest BCUT2D eigenvalue weighted by Crippen LogP contribution is -2.31. The van der Waals surface area contributed by atoms with Crippen LogP contribution in [0.15, 0.2) is 95.1 Å². The van der Waals surface area contributed by atoms with Crippen molar-refractivity contribution in [2.45, 2.75) is 38.9 Å². The number of ether oxygens (including phenoxy) is 2. The maximum absolute atomic E-state index is 14.0. The molecule has 0 amide bonds. The summed E-state index contributed by atoms with van der Waals surface area (Å²) in [7, 11) is 0. The van der Waals surface area contributed by atoms with Gasteiger partial charge in [0.05, 0.1) is 0 Å². The lowest BCUT2D eigenvalue weighted by Gasteiger charge is -2.37. The number of carbonyl (C=O) groups excluding carboxylic acids is 2. The Bertz CT molecular complexity index is 1360. The number of Topliss-reactive ketones (excluding diaryl/α,β-unsaturated/α-hetero) is 2. The summed E-state index contributed by atoms with van der Waals surface area (Å²) < 4.78 is 12.8. The van der Waals surface area contributed by atoms with Crippen LogP contribution in [0.5, 0.6) is 0 Å². The van der Waals surface area contributed by atoms with Crippen LogP contribution in [0.1, 0.15) is 59.5 Å². The van der Waals surface area contributed by atoms with Gasteiger partial charge >= 0.3 is 0 Å². The normalized spacial score (nSPS) is 23.5. The first kappa shape index (κ1) is 20.7.